The highest BCUT2D eigenvalue weighted by molar-refractivity contribution is 7.91. The van der Waals surface area contributed by atoms with Gasteiger partial charge in [0.2, 0.25) is 0 Å². The molecule has 0 aromatic heterocycles. The Labute approximate surface area is 115 Å². The first-order valence-corrected chi connectivity index (χ1v) is 8.79. The SMILES string of the molecule is C[C@@H]1CC=CC[C@H]1COC(=O)C[C@@H]1CCS(=O)(=O)C1. The summed E-state index contributed by atoms with van der Waals surface area (Å²) in [4.78, 5) is 11.7. The minimum absolute atomic E-state index is 0.0406. The van der Waals surface area contributed by atoms with Gasteiger partial charge in [0.05, 0.1) is 18.1 Å². The van der Waals surface area contributed by atoms with Crippen LogP contribution in [0, 0.1) is 17.8 Å². The van der Waals surface area contributed by atoms with Crippen LogP contribution in [0.25, 0.3) is 0 Å². The van der Waals surface area contributed by atoms with Gasteiger partial charge in [-0.1, -0.05) is 19.1 Å². The topological polar surface area (TPSA) is 60.4 Å². The molecule has 0 amide bonds. The number of hydrogen-bond donors (Lipinski definition) is 0. The summed E-state index contributed by atoms with van der Waals surface area (Å²) in [6.07, 6.45) is 7.17. The smallest absolute Gasteiger partial charge is 0.306 e. The van der Waals surface area contributed by atoms with Crippen molar-refractivity contribution >= 4 is 15.8 Å². The normalized spacial score (nSPS) is 33.2. The number of rotatable bonds is 4. The average Bonchev–Trinajstić information content (AvgIpc) is 2.67. The molecule has 0 saturated carbocycles. The van der Waals surface area contributed by atoms with Gasteiger partial charge < -0.3 is 4.74 Å². The van der Waals surface area contributed by atoms with Crippen molar-refractivity contribution in [3.63, 3.8) is 0 Å². The summed E-state index contributed by atoms with van der Waals surface area (Å²) in [6.45, 7) is 2.63. The van der Waals surface area contributed by atoms with Gasteiger partial charge in [0.25, 0.3) is 0 Å². The first kappa shape index (κ1) is 14.6. The van der Waals surface area contributed by atoms with Crippen LogP contribution in [0.3, 0.4) is 0 Å². The van der Waals surface area contributed by atoms with Crippen LogP contribution in [-0.4, -0.2) is 32.5 Å². The Bertz CT molecular complexity index is 452. The number of carbonyl (C=O) groups excluding carboxylic acids is 1. The molecule has 1 fully saturated rings. The molecule has 0 aromatic rings. The Hall–Kier alpha value is -0.840. The Morgan fingerprint density at radius 3 is 2.68 bits per heavy atom. The van der Waals surface area contributed by atoms with Crippen molar-refractivity contribution in [1.82, 2.24) is 0 Å². The Kier molecular flexibility index (Phi) is 4.66. The molecule has 0 unspecified atom stereocenters. The van der Waals surface area contributed by atoms with Gasteiger partial charge in [-0.25, -0.2) is 8.42 Å². The van der Waals surface area contributed by atoms with E-state index in [2.05, 4.69) is 19.1 Å². The standard InChI is InChI=1S/C14H22O4S/c1-11-4-2-3-5-13(11)9-18-14(15)8-12-6-7-19(16,17)10-12/h2-3,11-13H,4-10H2,1H3/t11-,12+,13+/m1/s1. The first-order valence-electron chi connectivity index (χ1n) is 6.97. The highest BCUT2D eigenvalue weighted by Crippen LogP contribution is 2.26. The maximum absolute atomic E-state index is 11.7. The average molecular weight is 286 g/mol. The maximum Gasteiger partial charge on any atom is 0.306 e. The first-order chi connectivity index (χ1) is 8.96. The summed E-state index contributed by atoms with van der Waals surface area (Å²) in [7, 11) is -2.90. The third-order valence-corrected chi connectivity index (χ3v) is 6.00. The van der Waals surface area contributed by atoms with Crippen LogP contribution < -0.4 is 0 Å². The maximum atomic E-state index is 11.7. The lowest BCUT2D eigenvalue weighted by Gasteiger charge is -2.24. The van der Waals surface area contributed by atoms with Gasteiger partial charge in [-0.05, 0) is 37.0 Å². The van der Waals surface area contributed by atoms with Crippen LogP contribution in [0.2, 0.25) is 0 Å². The van der Waals surface area contributed by atoms with Gasteiger partial charge in [-0.15, -0.1) is 0 Å². The molecule has 19 heavy (non-hydrogen) atoms. The molecule has 1 saturated heterocycles. The molecular formula is C14H22O4S. The molecule has 2 rings (SSSR count). The van der Waals surface area contributed by atoms with E-state index in [1.54, 1.807) is 0 Å². The summed E-state index contributed by atoms with van der Waals surface area (Å²) < 4.78 is 27.9. The third-order valence-electron chi connectivity index (χ3n) is 4.16. The fraction of sp³-hybridized carbons (Fsp3) is 0.786. The van der Waals surface area contributed by atoms with Crippen LogP contribution in [-0.2, 0) is 19.4 Å². The number of esters is 1. The Morgan fingerprint density at radius 1 is 1.32 bits per heavy atom. The zero-order valence-electron chi connectivity index (χ0n) is 11.4. The van der Waals surface area contributed by atoms with Crippen molar-refractivity contribution in [2.45, 2.75) is 32.6 Å². The van der Waals surface area contributed by atoms with Crippen LogP contribution >= 0.6 is 0 Å². The summed E-state index contributed by atoms with van der Waals surface area (Å²) in [5.74, 6) is 1.02. The second kappa shape index (κ2) is 6.07. The van der Waals surface area contributed by atoms with Gasteiger partial charge in [-0.2, -0.15) is 0 Å². The Morgan fingerprint density at radius 2 is 2.05 bits per heavy atom. The number of carbonyl (C=O) groups is 1. The van der Waals surface area contributed by atoms with Gasteiger partial charge in [-0.3, -0.25) is 4.79 Å². The lowest BCUT2D eigenvalue weighted by atomic mass is 9.85. The van der Waals surface area contributed by atoms with E-state index < -0.39 is 9.84 Å². The molecule has 0 aromatic carbocycles. The van der Waals surface area contributed by atoms with Crippen LogP contribution in [0.15, 0.2) is 12.2 Å². The van der Waals surface area contributed by atoms with Crippen LogP contribution in [0.5, 0.6) is 0 Å². The second-order valence-electron chi connectivity index (χ2n) is 5.84. The molecule has 0 N–H and O–H groups in total. The molecule has 4 nitrogen and oxygen atoms in total. The minimum Gasteiger partial charge on any atom is -0.465 e. The van der Waals surface area contributed by atoms with E-state index in [0.717, 1.165) is 12.8 Å². The van der Waals surface area contributed by atoms with Crippen molar-refractivity contribution in [2.75, 3.05) is 18.1 Å². The van der Waals surface area contributed by atoms with E-state index in [4.69, 9.17) is 4.74 Å². The molecule has 108 valence electrons. The van der Waals surface area contributed by atoms with E-state index in [9.17, 15) is 13.2 Å². The van der Waals surface area contributed by atoms with E-state index in [0.29, 0.717) is 24.9 Å². The lowest BCUT2D eigenvalue weighted by molar-refractivity contribution is -0.146. The fourth-order valence-electron chi connectivity index (χ4n) is 2.77. The van der Waals surface area contributed by atoms with E-state index >= 15 is 0 Å². The highest BCUT2D eigenvalue weighted by atomic mass is 32.2. The highest BCUT2D eigenvalue weighted by Gasteiger charge is 2.30. The summed E-state index contributed by atoms with van der Waals surface area (Å²) in [5, 5.41) is 0. The van der Waals surface area contributed by atoms with Crippen molar-refractivity contribution in [1.29, 1.82) is 0 Å². The number of ether oxygens (including phenoxy) is 1. The van der Waals surface area contributed by atoms with Crippen molar-refractivity contribution in [2.24, 2.45) is 17.8 Å². The summed E-state index contributed by atoms with van der Waals surface area (Å²) in [6, 6.07) is 0. The molecule has 1 heterocycles. The van der Waals surface area contributed by atoms with E-state index in [-0.39, 0.29) is 29.8 Å². The van der Waals surface area contributed by atoms with Crippen LogP contribution in [0.4, 0.5) is 0 Å². The van der Waals surface area contributed by atoms with Crippen molar-refractivity contribution < 1.29 is 17.9 Å². The van der Waals surface area contributed by atoms with Gasteiger partial charge >= 0.3 is 5.97 Å². The summed E-state index contributed by atoms with van der Waals surface area (Å²) in [5.41, 5.74) is 0. The Balaban J connectivity index is 1.72. The van der Waals surface area contributed by atoms with E-state index in [1.807, 2.05) is 0 Å². The zero-order valence-corrected chi connectivity index (χ0v) is 12.2. The molecule has 0 radical (unpaired) electrons. The molecule has 3 atom stereocenters. The van der Waals surface area contributed by atoms with E-state index in [1.165, 1.54) is 0 Å². The minimum atomic E-state index is -2.90. The monoisotopic (exact) mass is 286 g/mol. The second-order valence-corrected chi connectivity index (χ2v) is 8.07. The van der Waals surface area contributed by atoms with Crippen LogP contribution in [0.1, 0.15) is 32.6 Å². The van der Waals surface area contributed by atoms with Crippen molar-refractivity contribution in [3.05, 3.63) is 12.2 Å². The quantitative estimate of drug-likeness (QED) is 0.585. The summed E-state index contributed by atoms with van der Waals surface area (Å²) >= 11 is 0. The predicted molar refractivity (Wildman–Crippen MR) is 73.4 cm³/mol. The predicted octanol–water partition coefficient (Wildman–Crippen LogP) is 1.96. The molecule has 0 bridgehead atoms. The van der Waals surface area contributed by atoms with Gasteiger partial charge in [0.1, 0.15) is 0 Å². The van der Waals surface area contributed by atoms with Gasteiger partial charge in [0, 0.05) is 6.42 Å². The number of allylic oxidation sites excluding steroid dienone is 2. The molecule has 5 heteroatoms. The zero-order chi connectivity index (χ0) is 13.9. The largest absolute Gasteiger partial charge is 0.465 e. The number of sulfone groups is 1. The molecule has 1 aliphatic heterocycles. The lowest BCUT2D eigenvalue weighted by Crippen LogP contribution is -2.22. The number of hydrogen-bond acceptors (Lipinski definition) is 4. The molecule has 1 aliphatic carbocycles. The molecular weight excluding hydrogens is 264 g/mol. The third kappa shape index (κ3) is 4.34. The van der Waals surface area contributed by atoms with Gasteiger partial charge in [0.15, 0.2) is 9.84 Å². The molecule has 2 aliphatic rings. The van der Waals surface area contributed by atoms with Crippen molar-refractivity contribution in [3.8, 4) is 0 Å². The fourth-order valence-corrected chi connectivity index (χ4v) is 4.63. The molecule has 0 spiro atoms.